The van der Waals surface area contributed by atoms with Crippen LogP contribution in [0, 0.1) is 5.41 Å². The van der Waals surface area contributed by atoms with Crippen molar-refractivity contribution in [3.63, 3.8) is 0 Å². The Balaban J connectivity index is 2.83. The zero-order valence-electron chi connectivity index (χ0n) is 9.84. The van der Waals surface area contributed by atoms with Gasteiger partial charge in [0.2, 0.25) is 0 Å². The van der Waals surface area contributed by atoms with Crippen LogP contribution in [0.15, 0.2) is 23.3 Å². The molecule has 0 bridgehead atoms. The number of carbonyl (C=O) groups excluding carboxylic acids is 1. The van der Waals surface area contributed by atoms with E-state index in [1.807, 2.05) is 19.1 Å². The quantitative estimate of drug-likeness (QED) is 0.774. The maximum atomic E-state index is 11.8. The van der Waals surface area contributed by atoms with Gasteiger partial charge in [0.25, 0.3) is 0 Å². The maximum absolute atomic E-state index is 11.8. The third kappa shape index (κ3) is 3.31. The predicted octanol–water partition coefficient (Wildman–Crippen LogP) is 2.63. The van der Waals surface area contributed by atoms with E-state index in [-0.39, 0.29) is 17.8 Å². The van der Waals surface area contributed by atoms with Crippen LogP contribution in [0.2, 0.25) is 0 Å². The van der Waals surface area contributed by atoms with Crippen molar-refractivity contribution in [3.8, 4) is 0 Å². The van der Waals surface area contributed by atoms with Crippen molar-refractivity contribution < 1.29 is 9.90 Å². The molecule has 0 aromatic heterocycles. The van der Waals surface area contributed by atoms with Gasteiger partial charge in [-0.15, -0.1) is 0 Å². The topological polar surface area (TPSA) is 37.3 Å². The first-order chi connectivity index (χ1) is 6.96. The molecule has 0 saturated heterocycles. The van der Waals surface area contributed by atoms with Crippen LogP contribution in [0.5, 0.6) is 0 Å². The molecule has 1 rings (SSSR count). The SMILES string of the molecule is CC1=C(C=CCCO)C(=O)CC(C)(C)C1. The fraction of sp³-hybridized carbons (Fsp3) is 0.615. The van der Waals surface area contributed by atoms with Gasteiger partial charge in [-0.05, 0) is 25.2 Å². The summed E-state index contributed by atoms with van der Waals surface area (Å²) in [5, 5.41) is 8.66. The molecule has 0 radical (unpaired) electrons. The molecule has 0 fully saturated rings. The van der Waals surface area contributed by atoms with Crippen LogP contribution < -0.4 is 0 Å². The van der Waals surface area contributed by atoms with E-state index in [1.54, 1.807) is 0 Å². The zero-order chi connectivity index (χ0) is 11.5. The van der Waals surface area contributed by atoms with E-state index in [4.69, 9.17) is 5.11 Å². The lowest BCUT2D eigenvalue weighted by atomic mass is 9.74. The molecule has 0 spiro atoms. The molecule has 1 N–H and O–H groups in total. The van der Waals surface area contributed by atoms with E-state index in [2.05, 4.69) is 13.8 Å². The molecule has 0 amide bonds. The molecule has 0 atom stereocenters. The number of aliphatic hydroxyl groups is 1. The molecule has 0 heterocycles. The van der Waals surface area contributed by atoms with Crippen LogP contribution in [0.3, 0.4) is 0 Å². The predicted molar refractivity (Wildman–Crippen MR) is 61.6 cm³/mol. The number of hydrogen-bond donors (Lipinski definition) is 1. The molecule has 15 heavy (non-hydrogen) atoms. The second kappa shape index (κ2) is 4.75. The number of allylic oxidation sites excluding steroid dienone is 3. The normalized spacial score (nSPS) is 21.5. The van der Waals surface area contributed by atoms with Crippen molar-refractivity contribution >= 4 is 5.78 Å². The van der Waals surface area contributed by atoms with Crippen LogP contribution >= 0.6 is 0 Å². The van der Waals surface area contributed by atoms with Crippen molar-refractivity contribution in [2.24, 2.45) is 5.41 Å². The summed E-state index contributed by atoms with van der Waals surface area (Å²) >= 11 is 0. The Bertz CT molecular complexity index is 308. The van der Waals surface area contributed by atoms with E-state index in [0.29, 0.717) is 12.8 Å². The number of ketones is 1. The molecular formula is C13H20O2. The fourth-order valence-corrected chi connectivity index (χ4v) is 2.15. The molecule has 0 aliphatic heterocycles. The van der Waals surface area contributed by atoms with Gasteiger partial charge in [0.15, 0.2) is 5.78 Å². The van der Waals surface area contributed by atoms with Gasteiger partial charge in [0.05, 0.1) is 0 Å². The highest BCUT2D eigenvalue weighted by Gasteiger charge is 2.29. The molecule has 1 aliphatic rings. The van der Waals surface area contributed by atoms with Crippen LogP contribution in [0.25, 0.3) is 0 Å². The first-order valence-electron chi connectivity index (χ1n) is 5.46. The van der Waals surface area contributed by atoms with Crippen molar-refractivity contribution in [1.82, 2.24) is 0 Å². The van der Waals surface area contributed by atoms with Crippen LogP contribution in [0.4, 0.5) is 0 Å². The average molecular weight is 208 g/mol. The van der Waals surface area contributed by atoms with Gasteiger partial charge in [-0.25, -0.2) is 0 Å². The fourth-order valence-electron chi connectivity index (χ4n) is 2.15. The lowest BCUT2D eigenvalue weighted by Gasteiger charge is -2.30. The number of Topliss-reactive ketones (excluding diaryl/α,β-unsaturated/α-hetero) is 1. The number of rotatable bonds is 3. The van der Waals surface area contributed by atoms with Gasteiger partial charge in [0.1, 0.15) is 0 Å². The lowest BCUT2D eigenvalue weighted by molar-refractivity contribution is -0.117. The molecular weight excluding hydrogens is 188 g/mol. The highest BCUT2D eigenvalue weighted by molar-refractivity contribution is 6.00. The monoisotopic (exact) mass is 208 g/mol. The standard InChI is InChI=1S/C13H20O2/c1-10-8-13(2,3)9-12(15)11(10)6-4-5-7-14/h4,6,14H,5,7-9H2,1-3H3. The summed E-state index contributed by atoms with van der Waals surface area (Å²) in [4.78, 5) is 11.8. The smallest absolute Gasteiger partial charge is 0.163 e. The number of hydrogen-bond acceptors (Lipinski definition) is 2. The first-order valence-corrected chi connectivity index (χ1v) is 5.46. The summed E-state index contributed by atoms with van der Waals surface area (Å²) in [6.45, 7) is 6.42. The molecule has 0 aromatic carbocycles. The molecule has 84 valence electrons. The summed E-state index contributed by atoms with van der Waals surface area (Å²) in [6.07, 6.45) is 5.96. The number of carbonyl (C=O) groups is 1. The Morgan fingerprint density at radius 1 is 1.40 bits per heavy atom. The molecule has 0 saturated carbocycles. The summed E-state index contributed by atoms with van der Waals surface area (Å²) in [7, 11) is 0. The van der Waals surface area contributed by atoms with E-state index in [9.17, 15) is 4.79 Å². The van der Waals surface area contributed by atoms with Gasteiger partial charge in [-0.1, -0.05) is 31.6 Å². The third-order valence-corrected chi connectivity index (χ3v) is 2.72. The highest BCUT2D eigenvalue weighted by Crippen LogP contribution is 2.36. The summed E-state index contributed by atoms with van der Waals surface area (Å²) < 4.78 is 0. The Morgan fingerprint density at radius 3 is 2.60 bits per heavy atom. The largest absolute Gasteiger partial charge is 0.396 e. The van der Waals surface area contributed by atoms with Crippen molar-refractivity contribution in [2.45, 2.75) is 40.0 Å². The lowest BCUT2D eigenvalue weighted by Crippen LogP contribution is -2.24. The van der Waals surface area contributed by atoms with Crippen LogP contribution in [0.1, 0.15) is 40.0 Å². The minimum Gasteiger partial charge on any atom is -0.396 e. The highest BCUT2D eigenvalue weighted by atomic mass is 16.2. The number of aliphatic hydroxyl groups excluding tert-OH is 1. The second-order valence-electron chi connectivity index (χ2n) is 5.05. The Morgan fingerprint density at radius 2 is 2.07 bits per heavy atom. The van der Waals surface area contributed by atoms with Gasteiger partial charge in [-0.2, -0.15) is 0 Å². The van der Waals surface area contributed by atoms with Gasteiger partial charge < -0.3 is 5.11 Å². The summed E-state index contributed by atoms with van der Waals surface area (Å²) in [6, 6.07) is 0. The molecule has 0 unspecified atom stereocenters. The van der Waals surface area contributed by atoms with E-state index >= 15 is 0 Å². The Kier molecular flexibility index (Phi) is 3.86. The summed E-state index contributed by atoms with van der Waals surface area (Å²) in [5.74, 6) is 0.234. The Labute approximate surface area is 91.7 Å². The van der Waals surface area contributed by atoms with Crippen molar-refractivity contribution in [1.29, 1.82) is 0 Å². The zero-order valence-corrected chi connectivity index (χ0v) is 9.84. The van der Waals surface area contributed by atoms with Crippen molar-refractivity contribution in [2.75, 3.05) is 6.61 Å². The minimum absolute atomic E-state index is 0.107. The van der Waals surface area contributed by atoms with E-state index in [1.165, 1.54) is 5.57 Å². The molecule has 2 nitrogen and oxygen atoms in total. The molecule has 1 aliphatic carbocycles. The Hall–Kier alpha value is -0.890. The summed E-state index contributed by atoms with van der Waals surface area (Å²) in [5.41, 5.74) is 2.13. The first kappa shape index (κ1) is 12.2. The minimum atomic E-state index is 0.107. The van der Waals surface area contributed by atoms with Crippen molar-refractivity contribution in [3.05, 3.63) is 23.3 Å². The van der Waals surface area contributed by atoms with E-state index < -0.39 is 0 Å². The van der Waals surface area contributed by atoms with Gasteiger partial charge in [-0.3, -0.25) is 4.79 Å². The van der Waals surface area contributed by atoms with E-state index in [0.717, 1.165) is 12.0 Å². The van der Waals surface area contributed by atoms with Crippen LogP contribution in [-0.2, 0) is 4.79 Å². The van der Waals surface area contributed by atoms with Gasteiger partial charge in [0, 0.05) is 18.6 Å². The second-order valence-corrected chi connectivity index (χ2v) is 5.05. The van der Waals surface area contributed by atoms with Gasteiger partial charge >= 0.3 is 0 Å². The van der Waals surface area contributed by atoms with Crippen LogP contribution in [-0.4, -0.2) is 17.5 Å². The third-order valence-electron chi connectivity index (χ3n) is 2.72. The molecule has 0 aromatic rings. The maximum Gasteiger partial charge on any atom is 0.163 e. The average Bonchev–Trinajstić information content (AvgIpc) is 2.08. The molecule has 2 heteroatoms.